The number of benzene rings is 1. The second-order valence-corrected chi connectivity index (χ2v) is 9.44. The van der Waals surface area contributed by atoms with E-state index in [0.29, 0.717) is 32.7 Å². The van der Waals surface area contributed by atoms with E-state index in [2.05, 4.69) is 11.4 Å². The average molecular weight is 420 g/mol. The van der Waals surface area contributed by atoms with E-state index in [1.807, 2.05) is 47.7 Å². The molecule has 3 rings (SSSR count). The highest BCUT2D eigenvalue weighted by atomic mass is 32.2. The van der Waals surface area contributed by atoms with Gasteiger partial charge in [0.15, 0.2) is 0 Å². The molecular weight excluding hydrogens is 394 g/mol. The normalized spacial score (nSPS) is 16.1. The topological polar surface area (TPSA) is 60.9 Å². The van der Waals surface area contributed by atoms with Gasteiger partial charge in [-0.15, -0.1) is 0 Å². The van der Waals surface area contributed by atoms with Crippen LogP contribution in [0.25, 0.3) is 6.08 Å². The van der Waals surface area contributed by atoms with E-state index >= 15 is 0 Å². The summed E-state index contributed by atoms with van der Waals surface area (Å²) in [5.74, 6) is 0.0367. The van der Waals surface area contributed by atoms with Crippen molar-refractivity contribution in [2.75, 3.05) is 39.8 Å². The van der Waals surface area contributed by atoms with Gasteiger partial charge in [0.1, 0.15) is 0 Å². The lowest BCUT2D eigenvalue weighted by Crippen LogP contribution is -2.51. The van der Waals surface area contributed by atoms with Crippen LogP contribution in [-0.2, 0) is 21.4 Å². The lowest BCUT2D eigenvalue weighted by atomic mass is 10.2. The molecule has 1 saturated heterocycles. The number of hydrogen-bond acceptors (Lipinski definition) is 5. The van der Waals surface area contributed by atoms with Crippen molar-refractivity contribution in [2.45, 2.75) is 6.54 Å². The first-order chi connectivity index (χ1) is 13.4. The summed E-state index contributed by atoms with van der Waals surface area (Å²) in [5.41, 5.74) is 2.04. The van der Waals surface area contributed by atoms with Crippen LogP contribution in [0.2, 0.25) is 0 Å². The Labute approximate surface area is 170 Å². The van der Waals surface area contributed by atoms with E-state index in [1.54, 1.807) is 22.3 Å². The van der Waals surface area contributed by atoms with E-state index in [1.165, 1.54) is 15.3 Å². The molecule has 1 aromatic carbocycles. The Kier molecular flexibility index (Phi) is 7.01. The first-order valence-corrected chi connectivity index (χ1v) is 11.6. The Bertz CT molecular complexity index is 888. The zero-order valence-electron chi connectivity index (χ0n) is 15.9. The van der Waals surface area contributed by atoms with Gasteiger partial charge >= 0.3 is 0 Å². The van der Waals surface area contributed by atoms with Gasteiger partial charge in [0.05, 0.1) is 6.54 Å². The van der Waals surface area contributed by atoms with Gasteiger partial charge in [-0.3, -0.25) is 9.69 Å². The Morgan fingerprint density at radius 2 is 1.86 bits per heavy atom. The van der Waals surface area contributed by atoms with E-state index < -0.39 is 10.0 Å². The van der Waals surface area contributed by atoms with Crippen LogP contribution in [0.5, 0.6) is 0 Å². The van der Waals surface area contributed by atoms with Gasteiger partial charge in [0.25, 0.3) is 0 Å². The van der Waals surface area contributed by atoms with Crippen LogP contribution < -0.4 is 0 Å². The maximum Gasteiger partial charge on any atom is 0.236 e. The highest BCUT2D eigenvalue weighted by Crippen LogP contribution is 2.13. The number of carbonyl (C=O) groups is 1. The summed E-state index contributed by atoms with van der Waals surface area (Å²) in [5, 5.41) is 5.35. The number of likely N-dealkylation sites (N-methyl/N-ethyl adjacent to an activating group) is 1. The molecule has 1 amide bonds. The minimum Gasteiger partial charge on any atom is -0.339 e. The van der Waals surface area contributed by atoms with Crippen molar-refractivity contribution in [1.82, 2.24) is 14.1 Å². The van der Waals surface area contributed by atoms with Crippen molar-refractivity contribution in [3.8, 4) is 0 Å². The minimum atomic E-state index is -3.48. The van der Waals surface area contributed by atoms with Crippen LogP contribution in [-0.4, -0.2) is 68.2 Å². The number of sulfonamides is 1. The van der Waals surface area contributed by atoms with Gasteiger partial charge in [-0.1, -0.05) is 30.3 Å². The lowest BCUT2D eigenvalue weighted by molar-refractivity contribution is -0.133. The number of rotatable bonds is 7. The minimum absolute atomic E-state index is 0.0367. The summed E-state index contributed by atoms with van der Waals surface area (Å²) >= 11 is 1.64. The molecule has 6 nitrogen and oxygen atoms in total. The van der Waals surface area contributed by atoms with Crippen molar-refractivity contribution in [3.05, 3.63) is 63.7 Å². The van der Waals surface area contributed by atoms with Crippen LogP contribution in [0, 0.1) is 0 Å². The van der Waals surface area contributed by atoms with Gasteiger partial charge in [-0.25, -0.2) is 8.42 Å². The van der Waals surface area contributed by atoms with E-state index in [0.717, 1.165) is 12.1 Å². The molecule has 1 aliphatic rings. The molecule has 0 aliphatic carbocycles. The number of carbonyl (C=O) groups excluding carboxylic acids is 1. The zero-order chi connectivity index (χ0) is 20.0. The first kappa shape index (κ1) is 20.7. The van der Waals surface area contributed by atoms with Crippen molar-refractivity contribution in [2.24, 2.45) is 0 Å². The van der Waals surface area contributed by atoms with Crippen molar-refractivity contribution in [3.63, 3.8) is 0 Å². The van der Waals surface area contributed by atoms with Crippen molar-refractivity contribution in [1.29, 1.82) is 0 Å². The zero-order valence-corrected chi connectivity index (χ0v) is 17.5. The third-order valence-corrected chi connectivity index (χ3v) is 6.92. The third kappa shape index (κ3) is 5.75. The Morgan fingerprint density at radius 1 is 1.14 bits per heavy atom. The number of nitrogens with zero attached hydrogens (tertiary/aromatic N) is 3. The summed E-state index contributed by atoms with van der Waals surface area (Å²) < 4.78 is 26.5. The molecule has 28 heavy (non-hydrogen) atoms. The SMILES string of the molecule is CN(CC(=O)N1CCN(S(=O)(=O)/C=C/c2ccccc2)CC1)Cc1ccsc1. The molecule has 1 aromatic heterocycles. The molecule has 0 radical (unpaired) electrons. The standard InChI is InChI=1S/C20H25N3O3S2/c1-21(15-19-7-13-27-17-19)16-20(24)22-9-11-23(12-10-22)28(25,26)14-8-18-5-3-2-4-6-18/h2-8,13-14,17H,9-12,15-16H2,1H3/b14-8+. The molecule has 8 heteroatoms. The quantitative estimate of drug-likeness (QED) is 0.691. The molecule has 2 aromatic rings. The molecule has 0 atom stereocenters. The number of hydrogen-bond donors (Lipinski definition) is 0. The Balaban J connectivity index is 1.49. The van der Waals surface area contributed by atoms with Crippen LogP contribution in [0.15, 0.2) is 52.6 Å². The van der Waals surface area contributed by atoms with Gasteiger partial charge < -0.3 is 4.90 Å². The second kappa shape index (κ2) is 9.47. The molecule has 2 heterocycles. The summed E-state index contributed by atoms with van der Waals surface area (Å²) in [6, 6.07) is 11.4. The molecule has 0 bridgehead atoms. The van der Waals surface area contributed by atoms with E-state index in [9.17, 15) is 13.2 Å². The Hall–Kier alpha value is -2.00. The van der Waals surface area contributed by atoms with Crippen LogP contribution in [0.1, 0.15) is 11.1 Å². The summed E-state index contributed by atoms with van der Waals surface area (Å²) in [6.07, 6.45) is 1.60. The second-order valence-electron chi connectivity index (χ2n) is 6.84. The predicted octanol–water partition coefficient (Wildman–Crippen LogP) is 2.32. The first-order valence-electron chi connectivity index (χ1n) is 9.15. The molecule has 0 spiro atoms. The molecular formula is C20H25N3O3S2. The van der Waals surface area contributed by atoms with Crippen LogP contribution in [0.4, 0.5) is 0 Å². The summed E-state index contributed by atoms with van der Waals surface area (Å²) in [7, 11) is -1.56. The highest BCUT2D eigenvalue weighted by Gasteiger charge is 2.27. The summed E-state index contributed by atoms with van der Waals surface area (Å²) in [6.45, 7) is 2.54. The molecule has 0 N–H and O–H groups in total. The highest BCUT2D eigenvalue weighted by molar-refractivity contribution is 7.92. The lowest BCUT2D eigenvalue weighted by Gasteiger charge is -2.34. The predicted molar refractivity (Wildman–Crippen MR) is 113 cm³/mol. The average Bonchev–Trinajstić information content (AvgIpc) is 3.20. The Morgan fingerprint density at radius 3 is 2.50 bits per heavy atom. The van der Waals surface area contributed by atoms with Gasteiger partial charge in [0, 0.05) is 38.1 Å². The monoisotopic (exact) mass is 419 g/mol. The number of piperazine rings is 1. The van der Waals surface area contributed by atoms with E-state index in [4.69, 9.17) is 0 Å². The fourth-order valence-electron chi connectivity index (χ4n) is 3.09. The maximum absolute atomic E-state index is 12.5. The fourth-order valence-corrected chi connectivity index (χ4v) is 4.92. The number of thiophene rings is 1. The molecule has 0 unspecified atom stereocenters. The van der Waals surface area contributed by atoms with Gasteiger partial charge in [-0.2, -0.15) is 15.6 Å². The van der Waals surface area contributed by atoms with Gasteiger partial charge in [0.2, 0.25) is 15.9 Å². The largest absolute Gasteiger partial charge is 0.339 e. The molecule has 150 valence electrons. The molecule has 0 saturated carbocycles. The summed E-state index contributed by atoms with van der Waals surface area (Å²) in [4.78, 5) is 16.2. The van der Waals surface area contributed by atoms with Gasteiger partial charge in [-0.05, 0) is 41.1 Å². The fraction of sp³-hybridized carbons (Fsp3) is 0.350. The van der Waals surface area contributed by atoms with Crippen molar-refractivity contribution >= 4 is 33.3 Å². The number of amides is 1. The van der Waals surface area contributed by atoms with Crippen LogP contribution >= 0.6 is 11.3 Å². The third-order valence-electron chi connectivity index (χ3n) is 4.62. The molecule has 1 fully saturated rings. The van der Waals surface area contributed by atoms with E-state index in [-0.39, 0.29) is 5.91 Å². The van der Waals surface area contributed by atoms with Crippen molar-refractivity contribution < 1.29 is 13.2 Å². The molecule has 1 aliphatic heterocycles. The van der Waals surface area contributed by atoms with Crippen LogP contribution in [0.3, 0.4) is 0 Å². The maximum atomic E-state index is 12.5. The smallest absolute Gasteiger partial charge is 0.236 e.